The maximum atomic E-state index is 13.9. The van der Waals surface area contributed by atoms with E-state index in [0.717, 1.165) is 82.2 Å². The minimum absolute atomic E-state index is 0.0279. The summed E-state index contributed by atoms with van der Waals surface area (Å²) in [4.78, 5) is 24.6. The molecule has 0 spiro atoms. The Kier molecular flexibility index (Phi) is 6.68. The second-order valence-electron chi connectivity index (χ2n) is 10.9. The average Bonchev–Trinajstić information content (AvgIpc) is 3.35. The van der Waals surface area contributed by atoms with Gasteiger partial charge in [0.15, 0.2) is 0 Å². The highest BCUT2D eigenvalue weighted by molar-refractivity contribution is 6.13. The molecule has 1 unspecified atom stereocenters. The second-order valence-corrected chi connectivity index (χ2v) is 10.9. The lowest BCUT2D eigenvalue weighted by Crippen LogP contribution is -2.43. The quantitative estimate of drug-likeness (QED) is 0.247. The van der Waals surface area contributed by atoms with Crippen molar-refractivity contribution in [3.05, 3.63) is 88.2 Å². The Morgan fingerprint density at radius 3 is 2.29 bits per heavy atom. The molecule has 3 aromatic carbocycles. The first-order chi connectivity index (χ1) is 20.5. The maximum absolute atomic E-state index is 13.9. The molecule has 0 saturated carbocycles. The molecule has 2 aromatic heterocycles. The molecule has 3 N–H and O–H groups in total. The molecular formula is C33H34N6O3. The zero-order valence-electron chi connectivity index (χ0n) is 24.0. The topological polar surface area (TPSA) is 94.8 Å². The Morgan fingerprint density at radius 2 is 1.60 bits per heavy atom. The lowest BCUT2D eigenvalue weighted by molar-refractivity contribution is 0.271. The molecule has 9 heteroatoms. The molecule has 2 aliphatic rings. The summed E-state index contributed by atoms with van der Waals surface area (Å²) in [5.41, 5.74) is 9.05. The molecule has 2 aliphatic heterocycles. The summed E-state index contributed by atoms with van der Waals surface area (Å²) in [5, 5.41) is 8.14. The number of fused-ring (bicyclic) bond motifs is 5. The highest BCUT2D eigenvalue weighted by Crippen LogP contribution is 2.44. The fourth-order valence-corrected chi connectivity index (χ4v) is 6.20. The zero-order chi connectivity index (χ0) is 28.8. The van der Waals surface area contributed by atoms with Gasteiger partial charge in [0, 0.05) is 60.3 Å². The number of piperazine rings is 1. The second kappa shape index (κ2) is 10.7. The van der Waals surface area contributed by atoms with Gasteiger partial charge in [0.05, 0.1) is 36.9 Å². The van der Waals surface area contributed by atoms with Gasteiger partial charge < -0.3 is 30.1 Å². The number of rotatable bonds is 6. The van der Waals surface area contributed by atoms with Crippen LogP contribution in [0, 0.1) is 0 Å². The normalized spacial score (nSPS) is 16.9. The van der Waals surface area contributed by atoms with E-state index in [2.05, 4.69) is 62.9 Å². The van der Waals surface area contributed by atoms with Crippen molar-refractivity contribution in [3.8, 4) is 22.8 Å². The summed E-state index contributed by atoms with van der Waals surface area (Å²) in [6.07, 6.45) is 0. The highest BCUT2D eigenvalue weighted by Gasteiger charge is 2.33. The van der Waals surface area contributed by atoms with E-state index in [0.29, 0.717) is 17.6 Å². The number of hydrazine groups is 1. The van der Waals surface area contributed by atoms with Gasteiger partial charge in [-0.3, -0.25) is 4.79 Å². The van der Waals surface area contributed by atoms with Gasteiger partial charge in [-0.25, -0.2) is 9.99 Å². The van der Waals surface area contributed by atoms with E-state index in [9.17, 15) is 4.79 Å². The van der Waals surface area contributed by atoms with E-state index in [4.69, 9.17) is 14.5 Å². The summed E-state index contributed by atoms with van der Waals surface area (Å²) >= 11 is 0. The fourth-order valence-electron chi connectivity index (χ4n) is 6.20. The zero-order valence-corrected chi connectivity index (χ0v) is 24.0. The Labute approximate surface area is 244 Å². The van der Waals surface area contributed by atoms with Crippen molar-refractivity contribution in [2.45, 2.75) is 19.5 Å². The third kappa shape index (κ3) is 4.51. The number of nitrogens with zero attached hydrogens (tertiary/aromatic N) is 3. The minimum Gasteiger partial charge on any atom is -0.497 e. The van der Waals surface area contributed by atoms with Crippen molar-refractivity contribution in [2.24, 2.45) is 0 Å². The minimum atomic E-state index is -0.142. The Bertz CT molecular complexity index is 1830. The number of anilines is 2. The van der Waals surface area contributed by atoms with Crippen molar-refractivity contribution in [1.82, 2.24) is 20.3 Å². The van der Waals surface area contributed by atoms with Crippen LogP contribution in [0.4, 0.5) is 11.5 Å². The highest BCUT2D eigenvalue weighted by atomic mass is 16.5. The SMILES string of the molecule is COc1ccc(CN2Nc3nc(-c4ccc(OC)cc4)c4c(=O)[nH]c5cc(N6CCNCC6)ccc5c4c3C2C)cc1. The van der Waals surface area contributed by atoms with Gasteiger partial charge in [0.1, 0.15) is 17.3 Å². The molecule has 7 rings (SSSR count). The van der Waals surface area contributed by atoms with E-state index in [1.54, 1.807) is 14.2 Å². The number of H-pyrrole nitrogens is 1. The van der Waals surface area contributed by atoms with Crippen LogP contribution in [-0.4, -0.2) is 55.4 Å². The standard InChI is InChI=1S/C33H34N6O3/c1-20-28-29-26-13-8-23(38-16-14-34-15-17-38)18-27(26)35-33(40)30(29)31(22-6-11-25(42-3)12-7-22)36-32(28)37-39(20)19-21-4-9-24(41-2)10-5-21/h4-13,18,20,34H,14-17,19H2,1-3H3,(H,35,40)(H,36,37). The molecule has 0 aliphatic carbocycles. The number of benzene rings is 3. The summed E-state index contributed by atoms with van der Waals surface area (Å²) < 4.78 is 10.7. The number of methoxy groups -OCH3 is 2. The van der Waals surface area contributed by atoms with Gasteiger partial charge in [0.25, 0.3) is 5.56 Å². The molecule has 214 valence electrons. The van der Waals surface area contributed by atoms with E-state index >= 15 is 0 Å². The van der Waals surface area contributed by atoms with Crippen LogP contribution in [0.15, 0.2) is 71.5 Å². The summed E-state index contributed by atoms with van der Waals surface area (Å²) in [6.45, 7) is 6.60. The number of aromatic nitrogens is 2. The lowest BCUT2D eigenvalue weighted by Gasteiger charge is -2.29. The number of nitrogens with one attached hydrogen (secondary N) is 3. The smallest absolute Gasteiger partial charge is 0.258 e. The van der Waals surface area contributed by atoms with Crippen LogP contribution in [0.2, 0.25) is 0 Å². The Morgan fingerprint density at radius 1 is 0.905 bits per heavy atom. The van der Waals surface area contributed by atoms with Gasteiger partial charge >= 0.3 is 0 Å². The molecule has 1 fully saturated rings. The molecule has 0 bridgehead atoms. The fraction of sp³-hybridized carbons (Fsp3) is 0.273. The van der Waals surface area contributed by atoms with Crippen LogP contribution in [-0.2, 0) is 6.54 Å². The van der Waals surface area contributed by atoms with Gasteiger partial charge in [-0.1, -0.05) is 18.2 Å². The van der Waals surface area contributed by atoms with Crippen LogP contribution in [0.3, 0.4) is 0 Å². The first-order valence-electron chi connectivity index (χ1n) is 14.3. The number of ether oxygens (including phenoxy) is 2. The predicted octanol–water partition coefficient (Wildman–Crippen LogP) is 5.07. The number of pyridine rings is 2. The van der Waals surface area contributed by atoms with Crippen LogP contribution < -0.4 is 30.7 Å². The molecule has 1 saturated heterocycles. The number of hydrogen-bond donors (Lipinski definition) is 3. The molecule has 9 nitrogen and oxygen atoms in total. The van der Waals surface area contributed by atoms with E-state index in [1.165, 1.54) is 0 Å². The van der Waals surface area contributed by atoms with Crippen LogP contribution in [0.5, 0.6) is 11.5 Å². The third-order valence-corrected chi connectivity index (χ3v) is 8.47. The van der Waals surface area contributed by atoms with E-state index < -0.39 is 0 Å². The molecule has 1 atom stereocenters. The summed E-state index contributed by atoms with van der Waals surface area (Å²) in [7, 11) is 3.32. The third-order valence-electron chi connectivity index (χ3n) is 8.47. The first-order valence-corrected chi connectivity index (χ1v) is 14.3. The molecule has 5 aromatic rings. The number of hydrogen-bond acceptors (Lipinski definition) is 8. The van der Waals surface area contributed by atoms with Crippen LogP contribution >= 0.6 is 0 Å². The molecule has 42 heavy (non-hydrogen) atoms. The van der Waals surface area contributed by atoms with Crippen molar-refractivity contribution in [2.75, 3.05) is 50.7 Å². The molecule has 0 amide bonds. The van der Waals surface area contributed by atoms with Gasteiger partial charge in [-0.05, 0) is 61.0 Å². The largest absolute Gasteiger partial charge is 0.497 e. The van der Waals surface area contributed by atoms with Crippen molar-refractivity contribution in [1.29, 1.82) is 0 Å². The van der Waals surface area contributed by atoms with Crippen molar-refractivity contribution < 1.29 is 9.47 Å². The lowest BCUT2D eigenvalue weighted by atomic mass is 9.95. The Hall–Kier alpha value is -4.60. The van der Waals surface area contributed by atoms with Crippen molar-refractivity contribution in [3.63, 3.8) is 0 Å². The van der Waals surface area contributed by atoms with Gasteiger partial charge in [0.2, 0.25) is 0 Å². The van der Waals surface area contributed by atoms with Crippen molar-refractivity contribution >= 4 is 33.2 Å². The molecule has 0 radical (unpaired) electrons. The van der Waals surface area contributed by atoms with Crippen LogP contribution in [0.25, 0.3) is 32.9 Å². The van der Waals surface area contributed by atoms with Gasteiger partial charge in [-0.15, -0.1) is 0 Å². The molecule has 4 heterocycles. The van der Waals surface area contributed by atoms with Gasteiger partial charge in [-0.2, -0.15) is 0 Å². The summed E-state index contributed by atoms with van der Waals surface area (Å²) in [6, 6.07) is 22.2. The maximum Gasteiger partial charge on any atom is 0.258 e. The number of aromatic amines is 1. The first kappa shape index (κ1) is 26.3. The predicted molar refractivity (Wildman–Crippen MR) is 168 cm³/mol. The monoisotopic (exact) mass is 562 g/mol. The van der Waals surface area contributed by atoms with E-state index in [1.807, 2.05) is 36.4 Å². The van der Waals surface area contributed by atoms with E-state index in [-0.39, 0.29) is 11.6 Å². The summed E-state index contributed by atoms with van der Waals surface area (Å²) in [5.74, 6) is 2.35. The molecular weight excluding hydrogens is 528 g/mol. The average molecular weight is 563 g/mol. The Balaban J connectivity index is 1.41. The van der Waals surface area contributed by atoms with Crippen LogP contribution in [0.1, 0.15) is 24.1 Å².